The Hall–Kier alpha value is -4.99. The zero-order valence-electron chi connectivity index (χ0n) is 21.6. The second kappa shape index (κ2) is 11.6. The molecular weight excluding hydrogens is 503 g/mol. The monoisotopic (exact) mass is 530 g/mol. The molecule has 0 radical (unpaired) electrons. The summed E-state index contributed by atoms with van der Waals surface area (Å²) in [6.45, 7) is 3.60. The van der Waals surface area contributed by atoms with Gasteiger partial charge < -0.3 is 25.1 Å². The van der Waals surface area contributed by atoms with E-state index in [-0.39, 0.29) is 5.56 Å². The Labute approximate surface area is 224 Å². The predicted molar refractivity (Wildman–Crippen MR) is 144 cm³/mol. The van der Waals surface area contributed by atoms with E-state index in [4.69, 9.17) is 9.15 Å². The van der Waals surface area contributed by atoms with E-state index in [2.05, 4.69) is 20.9 Å². The molecule has 10 heteroatoms. The topological polar surface area (TPSA) is 123 Å². The Balaban J connectivity index is 1.33. The van der Waals surface area contributed by atoms with Crippen molar-refractivity contribution in [2.75, 3.05) is 17.7 Å². The van der Waals surface area contributed by atoms with E-state index >= 15 is 0 Å². The maximum Gasteiger partial charge on any atom is 0.313 e. The van der Waals surface area contributed by atoms with Crippen LogP contribution in [-0.4, -0.2) is 35.4 Å². The van der Waals surface area contributed by atoms with Crippen LogP contribution in [0.4, 0.5) is 15.8 Å². The lowest BCUT2D eigenvalue weighted by molar-refractivity contribution is -0.137. The van der Waals surface area contributed by atoms with Crippen LogP contribution in [0.25, 0.3) is 11.3 Å². The van der Waals surface area contributed by atoms with Crippen LogP contribution >= 0.6 is 0 Å². The van der Waals surface area contributed by atoms with E-state index in [1.165, 1.54) is 31.7 Å². The smallest absolute Gasteiger partial charge is 0.313 e. The van der Waals surface area contributed by atoms with Crippen LogP contribution < -0.4 is 20.7 Å². The molecule has 4 aromatic rings. The molecule has 0 spiro atoms. The fraction of sp³-hybridized carbons (Fsp3) is 0.172. The molecule has 3 aromatic carbocycles. The van der Waals surface area contributed by atoms with Gasteiger partial charge in [-0.05, 0) is 68.3 Å². The average molecular weight is 531 g/mol. The van der Waals surface area contributed by atoms with Gasteiger partial charge in [0.05, 0.1) is 18.9 Å². The first kappa shape index (κ1) is 27.1. The van der Waals surface area contributed by atoms with Crippen LogP contribution in [0.5, 0.6) is 5.75 Å². The number of amides is 3. The van der Waals surface area contributed by atoms with Crippen molar-refractivity contribution in [3.05, 3.63) is 96.3 Å². The predicted octanol–water partition coefficient (Wildman–Crippen LogP) is 4.82. The Morgan fingerprint density at radius 2 is 1.69 bits per heavy atom. The molecule has 0 bridgehead atoms. The number of ether oxygens (including phenoxy) is 1. The standard InChI is InChI=1S/C29H27FN4O5/c1-29(2,15-18-7-9-21(10-8-18)32-26(35)19-5-4-6-20(30)13-19)34-28(37)27(36)33-22-11-12-23(24(14-22)38-3)25-16-31-17-39-25/h4-14,16-17H,15H2,1-3H3,(H,32,35)(H,33,36)(H,34,37). The fourth-order valence-corrected chi connectivity index (χ4v) is 3.97. The number of aromatic nitrogens is 1. The number of oxazole rings is 1. The van der Waals surface area contributed by atoms with Gasteiger partial charge in [-0.15, -0.1) is 0 Å². The van der Waals surface area contributed by atoms with Crippen LogP contribution in [0.3, 0.4) is 0 Å². The molecule has 200 valence electrons. The number of nitrogens with one attached hydrogen (secondary N) is 3. The molecule has 0 unspecified atom stereocenters. The number of hydrogen-bond donors (Lipinski definition) is 3. The number of methoxy groups -OCH3 is 1. The van der Waals surface area contributed by atoms with Crippen molar-refractivity contribution < 1.29 is 27.9 Å². The summed E-state index contributed by atoms with van der Waals surface area (Å²) in [5.41, 5.74) is 1.90. The first-order valence-electron chi connectivity index (χ1n) is 12.0. The highest BCUT2D eigenvalue weighted by atomic mass is 19.1. The van der Waals surface area contributed by atoms with Gasteiger partial charge in [-0.25, -0.2) is 9.37 Å². The Bertz CT molecular complexity index is 1480. The molecule has 0 aliphatic rings. The lowest BCUT2D eigenvalue weighted by Gasteiger charge is -2.26. The third-order valence-corrected chi connectivity index (χ3v) is 5.76. The van der Waals surface area contributed by atoms with Gasteiger partial charge in [0.2, 0.25) is 0 Å². The molecule has 1 heterocycles. The number of rotatable bonds is 8. The second-order valence-corrected chi connectivity index (χ2v) is 9.41. The summed E-state index contributed by atoms with van der Waals surface area (Å²) < 4.78 is 24.0. The highest BCUT2D eigenvalue weighted by Crippen LogP contribution is 2.32. The van der Waals surface area contributed by atoms with Gasteiger partial charge in [-0.2, -0.15) is 0 Å². The molecule has 0 atom stereocenters. The summed E-state index contributed by atoms with van der Waals surface area (Å²) in [4.78, 5) is 41.4. The number of nitrogens with zero attached hydrogens (tertiary/aromatic N) is 1. The number of halogens is 1. The minimum Gasteiger partial charge on any atom is -0.496 e. The zero-order chi connectivity index (χ0) is 28.0. The van der Waals surface area contributed by atoms with Crippen molar-refractivity contribution in [1.82, 2.24) is 10.3 Å². The number of carbonyl (C=O) groups is 3. The molecule has 3 N–H and O–H groups in total. The fourth-order valence-electron chi connectivity index (χ4n) is 3.97. The largest absolute Gasteiger partial charge is 0.496 e. The maximum atomic E-state index is 13.4. The molecular formula is C29H27FN4O5. The van der Waals surface area contributed by atoms with E-state index in [9.17, 15) is 18.8 Å². The summed E-state index contributed by atoms with van der Waals surface area (Å²) in [7, 11) is 1.49. The SMILES string of the molecule is COc1cc(NC(=O)C(=O)NC(C)(C)Cc2ccc(NC(=O)c3cccc(F)c3)cc2)ccc1-c1cnco1. The number of benzene rings is 3. The van der Waals surface area contributed by atoms with Crippen molar-refractivity contribution in [3.63, 3.8) is 0 Å². The van der Waals surface area contributed by atoms with Gasteiger partial charge in [-0.3, -0.25) is 14.4 Å². The van der Waals surface area contributed by atoms with Crippen LogP contribution in [0, 0.1) is 5.82 Å². The van der Waals surface area contributed by atoms with Crippen LogP contribution in [0.15, 0.2) is 83.7 Å². The van der Waals surface area contributed by atoms with Crippen molar-refractivity contribution >= 4 is 29.1 Å². The number of hydrogen-bond acceptors (Lipinski definition) is 6. The van der Waals surface area contributed by atoms with Gasteiger partial charge in [-0.1, -0.05) is 18.2 Å². The first-order valence-corrected chi connectivity index (χ1v) is 12.0. The third kappa shape index (κ3) is 7.07. The average Bonchev–Trinajstić information content (AvgIpc) is 3.44. The third-order valence-electron chi connectivity index (χ3n) is 5.76. The molecule has 9 nitrogen and oxygen atoms in total. The quantitative estimate of drug-likeness (QED) is 0.281. The normalized spacial score (nSPS) is 11.0. The molecule has 0 aliphatic carbocycles. The van der Waals surface area contributed by atoms with Gasteiger partial charge in [0, 0.05) is 28.5 Å². The highest BCUT2D eigenvalue weighted by molar-refractivity contribution is 6.39. The highest BCUT2D eigenvalue weighted by Gasteiger charge is 2.25. The Morgan fingerprint density at radius 3 is 2.36 bits per heavy atom. The van der Waals surface area contributed by atoms with Gasteiger partial charge >= 0.3 is 11.8 Å². The summed E-state index contributed by atoms with van der Waals surface area (Å²) in [6, 6.07) is 17.4. The second-order valence-electron chi connectivity index (χ2n) is 9.41. The summed E-state index contributed by atoms with van der Waals surface area (Å²) in [5.74, 6) is -1.58. The summed E-state index contributed by atoms with van der Waals surface area (Å²) >= 11 is 0. The molecule has 39 heavy (non-hydrogen) atoms. The van der Waals surface area contributed by atoms with E-state index < -0.39 is 29.1 Å². The Kier molecular flexibility index (Phi) is 8.04. The van der Waals surface area contributed by atoms with Gasteiger partial charge in [0.15, 0.2) is 12.2 Å². The van der Waals surface area contributed by atoms with Crippen LogP contribution in [-0.2, 0) is 16.0 Å². The Morgan fingerprint density at radius 1 is 0.949 bits per heavy atom. The first-order chi connectivity index (χ1) is 18.6. The zero-order valence-corrected chi connectivity index (χ0v) is 21.6. The number of anilines is 2. The minimum atomic E-state index is -0.826. The molecule has 0 saturated carbocycles. The van der Waals surface area contributed by atoms with E-state index in [0.717, 1.165) is 11.6 Å². The lowest BCUT2D eigenvalue weighted by Crippen LogP contribution is -2.49. The minimum absolute atomic E-state index is 0.213. The maximum absolute atomic E-state index is 13.4. The molecule has 4 rings (SSSR count). The van der Waals surface area contributed by atoms with Gasteiger partial charge in [0.1, 0.15) is 11.6 Å². The van der Waals surface area contributed by atoms with E-state index in [1.807, 2.05) is 0 Å². The van der Waals surface area contributed by atoms with Crippen molar-refractivity contribution in [3.8, 4) is 17.1 Å². The summed E-state index contributed by atoms with van der Waals surface area (Å²) in [5, 5.41) is 8.05. The molecule has 0 fully saturated rings. The van der Waals surface area contributed by atoms with Crippen LogP contribution in [0.2, 0.25) is 0 Å². The molecule has 0 aliphatic heterocycles. The van der Waals surface area contributed by atoms with E-state index in [1.54, 1.807) is 62.5 Å². The molecule has 3 amide bonds. The van der Waals surface area contributed by atoms with Crippen LogP contribution in [0.1, 0.15) is 29.8 Å². The molecule has 0 saturated heterocycles. The lowest BCUT2D eigenvalue weighted by atomic mass is 9.94. The molecule has 1 aromatic heterocycles. The van der Waals surface area contributed by atoms with Crippen molar-refractivity contribution in [2.45, 2.75) is 25.8 Å². The van der Waals surface area contributed by atoms with E-state index in [0.29, 0.717) is 34.9 Å². The number of carbonyl (C=O) groups excluding carboxylic acids is 3. The van der Waals surface area contributed by atoms with Crippen molar-refractivity contribution in [1.29, 1.82) is 0 Å². The summed E-state index contributed by atoms with van der Waals surface area (Å²) in [6.07, 6.45) is 3.27. The van der Waals surface area contributed by atoms with Crippen molar-refractivity contribution in [2.24, 2.45) is 0 Å². The van der Waals surface area contributed by atoms with Gasteiger partial charge in [0.25, 0.3) is 5.91 Å².